The average molecular weight is 292 g/mol. The Morgan fingerprint density at radius 2 is 1.71 bits per heavy atom. The lowest BCUT2D eigenvalue weighted by atomic mass is 10.1. The normalized spacial score (nSPS) is 10.2. The van der Waals surface area contributed by atoms with E-state index in [1.54, 1.807) is 24.3 Å². The van der Waals surface area contributed by atoms with E-state index in [0.717, 1.165) is 5.56 Å². The fourth-order valence-electron chi connectivity index (χ4n) is 1.50. The van der Waals surface area contributed by atoms with Gasteiger partial charge in [-0.05, 0) is 17.7 Å². The second-order valence-corrected chi connectivity index (χ2v) is 5.01. The number of nitrogens with one attached hydrogen (secondary N) is 2. The highest BCUT2D eigenvalue weighted by Crippen LogP contribution is 2.11. The highest BCUT2D eigenvalue weighted by Gasteiger charge is 2.07. The van der Waals surface area contributed by atoms with E-state index >= 15 is 0 Å². The molecule has 2 amide bonds. The van der Waals surface area contributed by atoms with E-state index in [9.17, 15) is 14.4 Å². The van der Waals surface area contributed by atoms with E-state index in [4.69, 9.17) is 5.11 Å². The number of aliphatic carboxylic acids is 1. The number of amides is 2. The van der Waals surface area contributed by atoms with Crippen LogP contribution in [0.25, 0.3) is 0 Å². The number of anilines is 1. The van der Waals surface area contributed by atoms with Crippen molar-refractivity contribution in [2.24, 2.45) is 5.92 Å². The van der Waals surface area contributed by atoms with Gasteiger partial charge in [0, 0.05) is 24.6 Å². The molecule has 0 aliphatic rings. The van der Waals surface area contributed by atoms with Gasteiger partial charge in [0.05, 0.1) is 6.42 Å². The summed E-state index contributed by atoms with van der Waals surface area (Å²) in [5.74, 6) is -1.42. The first-order chi connectivity index (χ1) is 9.88. The molecule has 21 heavy (non-hydrogen) atoms. The third kappa shape index (κ3) is 6.56. The van der Waals surface area contributed by atoms with Crippen molar-refractivity contribution in [1.29, 1.82) is 0 Å². The van der Waals surface area contributed by atoms with Gasteiger partial charge >= 0.3 is 5.97 Å². The van der Waals surface area contributed by atoms with Crippen molar-refractivity contribution in [2.45, 2.75) is 33.2 Å². The van der Waals surface area contributed by atoms with E-state index in [1.807, 2.05) is 13.8 Å². The molecule has 0 spiro atoms. The Morgan fingerprint density at radius 1 is 1.10 bits per heavy atom. The van der Waals surface area contributed by atoms with Crippen LogP contribution < -0.4 is 10.6 Å². The maximum Gasteiger partial charge on any atom is 0.303 e. The largest absolute Gasteiger partial charge is 0.481 e. The van der Waals surface area contributed by atoms with Gasteiger partial charge in [-0.3, -0.25) is 14.4 Å². The molecule has 0 saturated carbocycles. The standard InChI is InChI=1S/C15H20N2O4/c1-10(2)15(21)17-12-5-3-11(4-6-12)9-16-13(18)7-8-14(19)20/h3-6,10H,7-9H2,1-2H3,(H,16,18)(H,17,21)(H,19,20). The van der Waals surface area contributed by atoms with E-state index in [1.165, 1.54) is 0 Å². The van der Waals surface area contributed by atoms with Gasteiger partial charge in [0.15, 0.2) is 0 Å². The first-order valence-corrected chi connectivity index (χ1v) is 6.76. The highest BCUT2D eigenvalue weighted by atomic mass is 16.4. The molecule has 1 aromatic carbocycles. The molecule has 1 rings (SSSR count). The average Bonchev–Trinajstić information content (AvgIpc) is 2.44. The van der Waals surface area contributed by atoms with Crippen LogP contribution in [0.1, 0.15) is 32.3 Å². The number of carbonyl (C=O) groups excluding carboxylic acids is 2. The lowest BCUT2D eigenvalue weighted by Crippen LogP contribution is -2.23. The summed E-state index contributed by atoms with van der Waals surface area (Å²) in [6, 6.07) is 7.12. The maximum atomic E-state index is 11.5. The molecular formula is C15H20N2O4. The minimum atomic E-state index is -0.990. The van der Waals surface area contributed by atoms with Gasteiger partial charge in [-0.2, -0.15) is 0 Å². The summed E-state index contributed by atoms with van der Waals surface area (Å²) in [6.45, 7) is 3.96. The van der Waals surface area contributed by atoms with Crippen molar-refractivity contribution in [3.8, 4) is 0 Å². The Hall–Kier alpha value is -2.37. The monoisotopic (exact) mass is 292 g/mol. The van der Waals surface area contributed by atoms with Crippen LogP contribution in [-0.4, -0.2) is 22.9 Å². The fraction of sp³-hybridized carbons (Fsp3) is 0.400. The van der Waals surface area contributed by atoms with Gasteiger partial charge in [-0.1, -0.05) is 26.0 Å². The summed E-state index contributed by atoms with van der Waals surface area (Å²) in [6.07, 6.45) is -0.204. The molecule has 3 N–H and O–H groups in total. The molecule has 114 valence electrons. The number of rotatable bonds is 7. The molecule has 0 radical (unpaired) electrons. The van der Waals surface area contributed by atoms with Crippen LogP contribution in [0.2, 0.25) is 0 Å². The minimum absolute atomic E-state index is 0.0299. The molecule has 6 heteroatoms. The lowest BCUT2D eigenvalue weighted by molar-refractivity contribution is -0.138. The molecule has 0 aliphatic carbocycles. The maximum absolute atomic E-state index is 11.5. The zero-order valence-electron chi connectivity index (χ0n) is 12.2. The Balaban J connectivity index is 2.42. The quantitative estimate of drug-likeness (QED) is 0.713. The Labute approximate surface area is 123 Å². The molecule has 0 saturated heterocycles. The molecule has 0 fully saturated rings. The Bertz CT molecular complexity index is 509. The second kappa shape index (κ2) is 8.04. The van der Waals surface area contributed by atoms with Gasteiger partial charge in [-0.15, -0.1) is 0 Å². The van der Waals surface area contributed by atoms with Crippen molar-refractivity contribution in [3.05, 3.63) is 29.8 Å². The van der Waals surface area contributed by atoms with Crippen LogP contribution in [0.5, 0.6) is 0 Å². The summed E-state index contributed by atoms with van der Waals surface area (Å²) in [5, 5.41) is 13.9. The molecule has 0 aromatic heterocycles. The fourth-order valence-corrected chi connectivity index (χ4v) is 1.50. The number of carboxylic acids is 1. The highest BCUT2D eigenvalue weighted by molar-refractivity contribution is 5.92. The first-order valence-electron chi connectivity index (χ1n) is 6.76. The van der Waals surface area contributed by atoms with E-state index in [2.05, 4.69) is 10.6 Å². The van der Waals surface area contributed by atoms with E-state index < -0.39 is 5.97 Å². The summed E-state index contributed by atoms with van der Waals surface area (Å²) in [4.78, 5) is 33.2. The molecule has 0 aliphatic heterocycles. The number of hydrogen-bond donors (Lipinski definition) is 3. The number of hydrogen-bond acceptors (Lipinski definition) is 3. The smallest absolute Gasteiger partial charge is 0.303 e. The van der Waals surface area contributed by atoms with Crippen molar-refractivity contribution in [2.75, 3.05) is 5.32 Å². The zero-order chi connectivity index (χ0) is 15.8. The topological polar surface area (TPSA) is 95.5 Å². The molecule has 0 heterocycles. The summed E-state index contributed by atoms with van der Waals surface area (Å²) >= 11 is 0. The van der Waals surface area contributed by atoms with Crippen LogP contribution in [0.15, 0.2) is 24.3 Å². The molecule has 0 atom stereocenters. The SMILES string of the molecule is CC(C)C(=O)Nc1ccc(CNC(=O)CCC(=O)O)cc1. The Morgan fingerprint density at radius 3 is 2.24 bits per heavy atom. The van der Waals surface area contributed by atoms with Crippen molar-refractivity contribution < 1.29 is 19.5 Å². The number of carbonyl (C=O) groups is 3. The van der Waals surface area contributed by atoms with Gasteiger partial charge in [0.2, 0.25) is 11.8 Å². The van der Waals surface area contributed by atoms with E-state index in [0.29, 0.717) is 12.2 Å². The van der Waals surface area contributed by atoms with Gasteiger partial charge in [0.1, 0.15) is 0 Å². The molecule has 0 unspecified atom stereocenters. The molecule has 0 bridgehead atoms. The molecular weight excluding hydrogens is 272 g/mol. The van der Waals surface area contributed by atoms with Crippen molar-refractivity contribution in [1.82, 2.24) is 5.32 Å². The summed E-state index contributed by atoms with van der Waals surface area (Å²) in [7, 11) is 0. The van der Waals surface area contributed by atoms with Crippen LogP contribution in [0.4, 0.5) is 5.69 Å². The second-order valence-electron chi connectivity index (χ2n) is 5.01. The van der Waals surface area contributed by atoms with Gasteiger partial charge in [-0.25, -0.2) is 0 Å². The van der Waals surface area contributed by atoms with Crippen LogP contribution in [-0.2, 0) is 20.9 Å². The molecule has 6 nitrogen and oxygen atoms in total. The molecule has 1 aromatic rings. The summed E-state index contributed by atoms with van der Waals surface area (Å²) in [5.41, 5.74) is 1.58. The summed E-state index contributed by atoms with van der Waals surface area (Å²) < 4.78 is 0. The van der Waals surface area contributed by atoms with Crippen LogP contribution >= 0.6 is 0 Å². The third-order valence-electron chi connectivity index (χ3n) is 2.80. The number of carboxylic acid groups (broad SMARTS) is 1. The first kappa shape index (κ1) is 16.7. The van der Waals surface area contributed by atoms with E-state index in [-0.39, 0.29) is 30.6 Å². The van der Waals surface area contributed by atoms with Crippen LogP contribution in [0, 0.1) is 5.92 Å². The predicted octanol–water partition coefficient (Wildman–Crippen LogP) is 1.76. The Kier molecular flexibility index (Phi) is 6.39. The third-order valence-corrected chi connectivity index (χ3v) is 2.80. The minimum Gasteiger partial charge on any atom is -0.481 e. The van der Waals surface area contributed by atoms with Crippen molar-refractivity contribution >= 4 is 23.5 Å². The zero-order valence-corrected chi connectivity index (χ0v) is 12.2. The van der Waals surface area contributed by atoms with Gasteiger partial charge < -0.3 is 15.7 Å². The van der Waals surface area contributed by atoms with Crippen molar-refractivity contribution in [3.63, 3.8) is 0 Å². The lowest BCUT2D eigenvalue weighted by Gasteiger charge is -2.09. The van der Waals surface area contributed by atoms with Crippen LogP contribution in [0.3, 0.4) is 0 Å². The predicted molar refractivity (Wildman–Crippen MR) is 78.6 cm³/mol. The van der Waals surface area contributed by atoms with Gasteiger partial charge in [0.25, 0.3) is 0 Å². The number of benzene rings is 1.